The van der Waals surface area contributed by atoms with E-state index < -0.39 is 0 Å². The molecule has 1 aromatic rings. The third kappa shape index (κ3) is 3.08. The largest absolute Gasteiger partial charge is 0.376 e. The summed E-state index contributed by atoms with van der Waals surface area (Å²) >= 11 is 0. The number of amides is 1. The topological polar surface area (TPSA) is 82.2 Å². The maximum atomic E-state index is 12.0. The number of rotatable bonds is 5. The molecular formula is C12H20N4O2. The average molecular weight is 252 g/mol. The molecule has 0 saturated carbocycles. The van der Waals surface area contributed by atoms with Crippen LogP contribution < -0.4 is 11.1 Å². The molecule has 1 aliphatic rings. The Morgan fingerprint density at radius 3 is 3.28 bits per heavy atom. The molecule has 0 aliphatic carbocycles. The number of nitrogens with zero attached hydrogens (tertiary/aromatic N) is 2. The van der Waals surface area contributed by atoms with Gasteiger partial charge in [-0.25, -0.2) is 4.98 Å². The SMILES string of the molecule is CC(NC(=O)c1cn(CCN)cn1)C1CCCO1. The number of ether oxygens (including phenoxy) is 1. The fourth-order valence-corrected chi connectivity index (χ4v) is 2.12. The highest BCUT2D eigenvalue weighted by Gasteiger charge is 2.24. The second kappa shape index (κ2) is 5.97. The van der Waals surface area contributed by atoms with Crippen molar-refractivity contribution in [3.05, 3.63) is 18.2 Å². The Hall–Kier alpha value is -1.40. The fourth-order valence-electron chi connectivity index (χ4n) is 2.12. The molecule has 1 amide bonds. The van der Waals surface area contributed by atoms with E-state index in [4.69, 9.17) is 10.5 Å². The molecule has 1 aliphatic heterocycles. The molecule has 1 aromatic heterocycles. The van der Waals surface area contributed by atoms with Crippen molar-refractivity contribution in [2.45, 2.75) is 38.5 Å². The molecule has 2 atom stereocenters. The third-order valence-electron chi connectivity index (χ3n) is 3.13. The molecule has 1 fully saturated rings. The number of carbonyl (C=O) groups is 1. The van der Waals surface area contributed by atoms with E-state index in [2.05, 4.69) is 10.3 Å². The van der Waals surface area contributed by atoms with Crippen molar-refractivity contribution in [2.24, 2.45) is 5.73 Å². The molecule has 2 unspecified atom stereocenters. The third-order valence-corrected chi connectivity index (χ3v) is 3.13. The van der Waals surface area contributed by atoms with Crippen LogP contribution in [-0.2, 0) is 11.3 Å². The highest BCUT2D eigenvalue weighted by Crippen LogP contribution is 2.15. The van der Waals surface area contributed by atoms with Crippen molar-refractivity contribution < 1.29 is 9.53 Å². The Morgan fingerprint density at radius 1 is 1.78 bits per heavy atom. The lowest BCUT2D eigenvalue weighted by molar-refractivity contribution is 0.0709. The number of nitrogens with two attached hydrogens (primary N) is 1. The van der Waals surface area contributed by atoms with Crippen LogP contribution in [0.4, 0.5) is 0 Å². The summed E-state index contributed by atoms with van der Waals surface area (Å²) < 4.78 is 7.35. The molecule has 2 rings (SSSR count). The summed E-state index contributed by atoms with van der Waals surface area (Å²) in [6, 6.07) is 0.0136. The van der Waals surface area contributed by atoms with Crippen molar-refractivity contribution in [3.63, 3.8) is 0 Å². The van der Waals surface area contributed by atoms with E-state index in [-0.39, 0.29) is 18.1 Å². The van der Waals surface area contributed by atoms with Crippen molar-refractivity contribution in [3.8, 4) is 0 Å². The van der Waals surface area contributed by atoms with E-state index in [0.29, 0.717) is 18.8 Å². The average Bonchev–Trinajstić information content (AvgIpc) is 3.00. The lowest BCUT2D eigenvalue weighted by Crippen LogP contribution is -2.40. The first-order valence-electron chi connectivity index (χ1n) is 6.35. The van der Waals surface area contributed by atoms with Crippen LogP contribution in [0, 0.1) is 0 Å². The molecule has 2 heterocycles. The van der Waals surface area contributed by atoms with Gasteiger partial charge in [0.15, 0.2) is 0 Å². The molecule has 0 bridgehead atoms. The summed E-state index contributed by atoms with van der Waals surface area (Å²) in [5, 5.41) is 2.92. The molecule has 6 nitrogen and oxygen atoms in total. The van der Waals surface area contributed by atoms with Crippen LogP contribution in [0.3, 0.4) is 0 Å². The van der Waals surface area contributed by atoms with Gasteiger partial charge in [-0.2, -0.15) is 0 Å². The first kappa shape index (κ1) is 13.0. The van der Waals surface area contributed by atoms with E-state index in [9.17, 15) is 4.79 Å². The predicted molar refractivity (Wildman–Crippen MR) is 67.2 cm³/mol. The Kier molecular flexibility index (Phi) is 4.33. The highest BCUT2D eigenvalue weighted by molar-refractivity contribution is 5.92. The van der Waals surface area contributed by atoms with Gasteiger partial charge < -0.3 is 20.4 Å². The van der Waals surface area contributed by atoms with Crippen LogP contribution in [0.5, 0.6) is 0 Å². The van der Waals surface area contributed by atoms with Gasteiger partial charge in [0.25, 0.3) is 5.91 Å². The zero-order chi connectivity index (χ0) is 13.0. The summed E-state index contributed by atoms with van der Waals surface area (Å²) in [4.78, 5) is 16.0. The smallest absolute Gasteiger partial charge is 0.271 e. The fraction of sp³-hybridized carbons (Fsp3) is 0.667. The second-order valence-corrected chi connectivity index (χ2v) is 4.60. The van der Waals surface area contributed by atoms with Crippen molar-refractivity contribution in [1.82, 2.24) is 14.9 Å². The van der Waals surface area contributed by atoms with E-state index in [1.165, 1.54) is 0 Å². The van der Waals surface area contributed by atoms with Crippen LogP contribution in [0.15, 0.2) is 12.5 Å². The number of imidazole rings is 1. The first-order valence-corrected chi connectivity index (χ1v) is 6.35. The Balaban J connectivity index is 1.89. The van der Waals surface area contributed by atoms with Gasteiger partial charge in [0.05, 0.1) is 18.5 Å². The predicted octanol–water partition coefficient (Wildman–Crippen LogP) is 0.139. The lowest BCUT2D eigenvalue weighted by Gasteiger charge is -2.19. The summed E-state index contributed by atoms with van der Waals surface area (Å²) in [6.07, 6.45) is 5.53. The molecular weight excluding hydrogens is 232 g/mol. The minimum absolute atomic E-state index is 0.0136. The molecule has 100 valence electrons. The Morgan fingerprint density at radius 2 is 2.61 bits per heavy atom. The van der Waals surface area contributed by atoms with Crippen LogP contribution >= 0.6 is 0 Å². The summed E-state index contributed by atoms with van der Waals surface area (Å²) in [5.74, 6) is -0.159. The van der Waals surface area contributed by atoms with Crippen molar-refractivity contribution in [2.75, 3.05) is 13.2 Å². The van der Waals surface area contributed by atoms with Gasteiger partial charge in [-0.1, -0.05) is 0 Å². The Labute approximate surface area is 107 Å². The van der Waals surface area contributed by atoms with Crippen molar-refractivity contribution >= 4 is 5.91 Å². The number of carbonyl (C=O) groups excluding carboxylic acids is 1. The molecule has 1 saturated heterocycles. The van der Waals surface area contributed by atoms with Gasteiger partial charge in [0, 0.05) is 25.9 Å². The van der Waals surface area contributed by atoms with E-state index >= 15 is 0 Å². The molecule has 3 N–H and O–H groups in total. The van der Waals surface area contributed by atoms with E-state index in [1.54, 1.807) is 12.5 Å². The monoisotopic (exact) mass is 252 g/mol. The second-order valence-electron chi connectivity index (χ2n) is 4.60. The van der Waals surface area contributed by atoms with Gasteiger partial charge in [-0.15, -0.1) is 0 Å². The first-order chi connectivity index (χ1) is 8.70. The zero-order valence-corrected chi connectivity index (χ0v) is 10.6. The number of nitrogens with one attached hydrogen (secondary N) is 1. The van der Waals surface area contributed by atoms with Gasteiger partial charge in [0.2, 0.25) is 0 Å². The lowest BCUT2D eigenvalue weighted by atomic mass is 10.1. The quantitative estimate of drug-likeness (QED) is 0.781. The van der Waals surface area contributed by atoms with Gasteiger partial charge in [0.1, 0.15) is 5.69 Å². The van der Waals surface area contributed by atoms with Gasteiger partial charge >= 0.3 is 0 Å². The normalized spacial score (nSPS) is 20.9. The summed E-state index contributed by atoms with van der Waals surface area (Å²) in [5.41, 5.74) is 5.87. The number of aromatic nitrogens is 2. The zero-order valence-electron chi connectivity index (χ0n) is 10.6. The van der Waals surface area contributed by atoms with Crippen LogP contribution in [0.1, 0.15) is 30.3 Å². The van der Waals surface area contributed by atoms with E-state index in [0.717, 1.165) is 19.4 Å². The van der Waals surface area contributed by atoms with Crippen LogP contribution in [-0.4, -0.2) is 40.8 Å². The van der Waals surface area contributed by atoms with Crippen LogP contribution in [0.2, 0.25) is 0 Å². The van der Waals surface area contributed by atoms with Gasteiger partial charge in [-0.05, 0) is 19.8 Å². The maximum absolute atomic E-state index is 12.0. The minimum atomic E-state index is -0.159. The Bertz CT molecular complexity index is 399. The molecule has 0 radical (unpaired) electrons. The molecule has 0 spiro atoms. The molecule has 18 heavy (non-hydrogen) atoms. The number of hydrogen-bond donors (Lipinski definition) is 2. The van der Waals surface area contributed by atoms with Crippen molar-refractivity contribution in [1.29, 1.82) is 0 Å². The number of hydrogen-bond acceptors (Lipinski definition) is 4. The maximum Gasteiger partial charge on any atom is 0.271 e. The van der Waals surface area contributed by atoms with E-state index in [1.807, 2.05) is 11.5 Å². The van der Waals surface area contributed by atoms with Crippen LogP contribution in [0.25, 0.3) is 0 Å². The molecule has 6 heteroatoms. The minimum Gasteiger partial charge on any atom is -0.376 e. The van der Waals surface area contributed by atoms with Gasteiger partial charge in [-0.3, -0.25) is 4.79 Å². The highest BCUT2D eigenvalue weighted by atomic mass is 16.5. The summed E-state index contributed by atoms with van der Waals surface area (Å²) in [6.45, 7) is 3.95. The molecule has 0 aromatic carbocycles. The summed E-state index contributed by atoms with van der Waals surface area (Å²) in [7, 11) is 0. The standard InChI is InChI=1S/C12H20N4O2/c1-9(11-3-2-6-18-11)15-12(17)10-7-16(5-4-13)8-14-10/h7-9,11H,2-6,13H2,1H3,(H,15,17).